The number of fused-ring (bicyclic) bond motifs is 3. The molecule has 0 saturated heterocycles. The van der Waals surface area contributed by atoms with Crippen LogP contribution in [-0.4, -0.2) is 0 Å². The maximum absolute atomic E-state index is 9.89. The fraction of sp³-hybridized carbons (Fsp3) is 0.0526. The van der Waals surface area contributed by atoms with Gasteiger partial charge in [0.2, 0.25) is 0 Å². The minimum absolute atomic E-state index is 0.360. The molecule has 0 aromatic heterocycles. The van der Waals surface area contributed by atoms with Gasteiger partial charge in [0.25, 0.3) is 0 Å². The van der Waals surface area contributed by atoms with Crippen LogP contribution in [0.25, 0.3) is 0 Å². The Morgan fingerprint density at radius 1 is 1.00 bits per heavy atom. The van der Waals surface area contributed by atoms with Crippen molar-refractivity contribution in [1.29, 1.82) is 10.5 Å². The molecule has 0 spiro atoms. The third-order valence-corrected chi connectivity index (χ3v) is 5.41. The number of para-hydroxylation sites is 2. The SMILES string of the molecule is N#CC1=C(N)N2C(=C(C#N)C1c1ccccc1I)Nc1ccccc12. The Hall–Kier alpha value is -2.97. The molecule has 6 heteroatoms. The number of benzene rings is 2. The predicted octanol–water partition coefficient (Wildman–Crippen LogP) is 3.75. The first kappa shape index (κ1) is 15.6. The molecule has 2 aromatic rings. The number of allylic oxidation sites excluding steroid dienone is 2. The van der Waals surface area contributed by atoms with E-state index in [4.69, 9.17) is 5.73 Å². The van der Waals surface area contributed by atoms with E-state index in [1.54, 1.807) is 4.90 Å². The van der Waals surface area contributed by atoms with Gasteiger partial charge in [-0.2, -0.15) is 10.5 Å². The molecule has 3 N–H and O–H groups in total. The molecule has 2 aromatic carbocycles. The van der Waals surface area contributed by atoms with E-state index >= 15 is 0 Å². The van der Waals surface area contributed by atoms with Crippen molar-refractivity contribution < 1.29 is 0 Å². The highest BCUT2D eigenvalue weighted by Gasteiger charge is 2.40. The summed E-state index contributed by atoms with van der Waals surface area (Å²) in [7, 11) is 0. The topological polar surface area (TPSA) is 88.9 Å². The van der Waals surface area contributed by atoms with Crippen LogP contribution in [0.4, 0.5) is 11.4 Å². The van der Waals surface area contributed by atoms with Crippen molar-refractivity contribution in [1.82, 2.24) is 0 Å². The van der Waals surface area contributed by atoms with E-state index in [2.05, 4.69) is 40.0 Å². The molecule has 25 heavy (non-hydrogen) atoms. The van der Waals surface area contributed by atoms with Crippen LogP contribution in [0.1, 0.15) is 11.5 Å². The van der Waals surface area contributed by atoms with Gasteiger partial charge in [-0.25, -0.2) is 0 Å². The summed E-state index contributed by atoms with van der Waals surface area (Å²) in [5.41, 5.74) is 9.88. The highest BCUT2D eigenvalue weighted by Crippen LogP contribution is 2.48. The molecule has 0 bridgehead atoms. The summed E-state index contributed by atoms with van der Waals surface area (Å²) < 4.78 is 0.989. The summed E-state index contributed by atoms with van der Waals surface area (Å²) in [5, 5.41) is 23.0. The molecule has 120 valence electrons. The second-order valence-electron chi connectivity index (χ2n) is 5.72. The van der Waals surface area contributed by atoms with Crippen molar-refractivity contribution in [2.75, 3.05) is 10.2 Å². The minimum atomic E-state index is -0.476. The normalized spacial score (nSPS) is 18.2. The zero-order chi connectivity index (χ0) is 17.6. The Labute approximate surface area is 158 Å². The molecule has 5 nitrogen and oxygen atoms in total. The number of rotatable bonds is 1. The highest BCUT2D eigenvalue weighted by atomic mass is 127. The van der Waals surface area contributed by atoms with Crippen LogP contribution in [0.2, 0.25) is 0 Å². The number of nitriles is 2. The molecule has 2 aliphatic heterocycles. The Balaban J connectivity index is 2.00. The van der Waals surface area contributed by atoms with Crippen molar-refractivity contribution in [2.45, 2.75) is 5.92 Å². The first-order valence-electron chi connectivity index (χ1n) is 7.62. The van der Waals surface area contributed by atoms with Crippen LogP contribution in [-0.2, 0) is 0 Å². The number of nitrogens with one attached hydrogen (secondary N) is 1. The monoisotopic (exact) mass is 437 g/mol. The molecule has 0 amide bonds. The molecule has 2 aliphatic rings. The number of hydrogen-bond acceptors (Lipinski definition) is 5. The van der Waals surface area contributed by atoms with Gasteiger partial charge in [-0.15, -0.1) is 0 Å². The summed E-state index contributed by atoms with van der Waals surface area (Å²) in [6.45, 7) is 0. The quantitative estimate of drug-likeness (QED) is 0.664. The molecular formula is C19H12IN5. The maximum Gasteiger partial charge on any atom is 0.131 e. The van der Waals surface area contributed by atoms with Gasteiger partial charge in [-0.05, 0) is 46.4 Å². The van der Waals surface area contributed by atoms with Gasteiger partial charge >= 0.3 is 0 Å². The lowest BCUT2D eigenvalue weighted by molar-refractivity contribution is 0.865. The van der Waals surface area contributed by atoms with Gasteiger partial charge in [0, 0.05) is 3.57 Å². The van der Waals surface area contributed by atoms with E-state index in [1.165, 1.54) is 0 Å². The van der Waals surface area contributed by atoms with Crippen LogP contribution in [0.5, 0.6) is 0 Å². The molecule has 0 radical (unpaired) electrons. The van der Waals surface area contributed by atoms with Crippen molar-refractivity contribution >= 4 is 34.0 Å². The zero-order valence-corrected chi connectivity index (χ0v) is 15.2. The summed E-state index contributed by atoms with van der Waals surface area (Å²) in [5.74, 6) is 0.514. The van der Waals surface area contributed by atoms with E-state index in [1.807, 2.05) is 48.5 Å². The Bertz CT molecular complexity index is 1040. The molecule has 0 fully saturated rings. The third kappa shape index (κ3) is 2.19. The lowest BCUT2D eigenvalue weighted by Gasteiger charge is -2.31. The van der Waals surface area contributed by atoms with Gasteiger partial charge in [0.1, 0.15) is 11.6 Å². The molecule has 1 unspecified atom stereocenters. The first-order valence-corrected chi connectivity index (χ1v) is 8.70. The van der Waals surface area contributed by atoms with Gasteiger partial charge in [0.15, 0.2) is 0 Å². The number of nitrogens with two attached hydrogens (primary N) is 1. The van der Waals surface area contributed by atoms with Crippen LogP contribution in [0.3, 0.4) is 0 Å². The van der Waals surface area contributed by atoms with E-state index < -0.39 is 5.92 Å². The first-order chi connectivity index (χ1) is 12.2. The Morgan fingerprint density at radius 2 is 1.68 bits per heavy atom. The second-order valence-corrected chi connectivity index (χ2v) is 6.88. The van der Waals surface area contributed by atoms with E-state index in [0.29, 0.717) is 22.8 Å². The van der Waals surface area contributed by atoms with Crippen LogP contribution >= 0.6 is 22.6 Å². The third-order valence-electron chi connectivity index (χ3n) is 4.43. The van der Waals surface area contributed by atoms with Gasteiger partial charge in [-0.1, -0.05) is 30.3 Å². The average molecular weight is 437 g/mol. The second kappa shape index (κ2) is 5.83. The number of nitrogens with zero attached hydrogens (tertiary/aromatic N) is 3. The summed E-state index contributed by atoms with van der Waals surface area (Å²) in [4.78, 5) is 1.76. The molecule has 2 heterocycles. The van der Waals surface area contributed by atoms with Gasteiger partial charge in [-0.3, -0.25) is 4.90 Å². The van der Waals surface area contributed by atoms with E-state index in [0.717, 1.165) is 20.5 Å². The lowest BCUT2D eigenvalue weighted by Crippen LogP contribution is -2.34. The largest absolute Gasteiger partial charge is 0.384 e. The fourth-order valence-corrected chi connectivity index (χ4v) is 4.02. The van der Waals surface area contributed by atoms with E-state index in [-0.39, 0.29) is 0 Å². The highest BCUT2D eigenvalue weighted by molar-refractivity contribution is 14.1. The smallest absolute Gasteiger partial charge is 0.131 e. The predicted molar refractivity (Wildman–Crippen MR) is 104 cm³/mol. The molecule has 0 saturated carbocycles. The lowest BCUT2D eigenvalue weighted by atomic mass is 9.83. The molecule has 1 atom stereocenters. The van der Waals surface area contributed by atoms with Crippen LogP contribution < -0.4 is 16.0 Å². The minimum Gasteiger partial charge on any atom is -0.384 e. The Kier molecular flexibility index (Phi) is 3.63. The summed E-state index contributed by atoms with van der Waals surface area (Å²) in [6, 6.07) is 19.9. The molecule has 0 aliphatic carbocycles. The van der Waals surface area contributed by atoms with Gasteiger partial charge in [0.05, 0.1) is 40.6 Å². The number of hydrogen-bond donors (Lipinski definition) is 2. The summed E-state index contributed by atoms with van der Waals surface area (Å²) in [6.07, 6.45) is 0. The molecular weight excluding hydrogens is 425 g/mol. The van der Waals surface area contributed by atoms with Gasteiger partial charge < -0.3 is 11.1 Å². The fourth-order valence-electron chi connectivity index (χ4n) is 3.33. The number of halogens is 1. The van der Waals surface area contributed by atoms with Crippen LogP contribution in [0, 0.1) is 26.2 Å². The molecule has 4 rings (SSSR count). The van der Waals surface area contributed by atoms with Crippen molar-refractivity contribution in [3.63, 3.8) is 0 Å². The van der Waals surface area contributed by atoms with Crippen molar-refractivity contribution in [3.05, 3.63) is 80.5 Å². The number of anilines is 2. The zero-order valence-electron chi connectivity index (χ0n) is 13.0. The van der Waals surface area contributed by atoms with Crippen LogP contribution in [0.15, 0.2) is 71.3 Å². The average Bonchev–Trinajstić information content (AvgIpc) is 3.01. The van der Waals surface area contributed by atoms with E-state index in [9.17, 15) is 10.5 Å². The summed E-state index contributed by atoms with van der Waals surface area (Å²) >= 11 is 2.22. The van der Waals surface area contributed by atoms with Crippen molar-refractivity contribution in [3.8, 4) is 12.1 Å². The maximum atomic E-state index is 9.89. The standard InChI is InChI=1S/C19H12IN5/c20-14-6-2-1-5-11(14)17-12(9-21)18(23)25-16-8-4-3-7-15(16)24-19(25)13(17)10-22/h1-8,17,24H,23H2. The Morgan fingerprint density at radius 3 is 2.40 bits per heavy atom. The van der Waals surface area contributed by atoms with Crippen molar-refractivity contribution in [2.24, 2.45) is 5.73 Å².